The molecule has 0 aromatic heterocycles. The Bertz CT molecular complexity index is 69.3. The van der Waals surface area contributed by atoms with Gasteiger partial charge < -0.3 is 0 Å². The molecule has 0 aliphatic heterocycles. The molecule has 0 aromatic carbocycles. The molecule has 1 radical (unpaired) electrons. The first-order valence-corrected chi connectivity index (χ1v) is 4.46. The van der Waals surface area contributed by atoms with E-state index in [1.807, 2.05) is 0 Å². The van der Waals surface area contributed by atoms with Crippen molar-refractivity contribution in [3.8, 4) is 0 Å². The molecule has 0 heterocycles. The predicted molar refractivity (Wildman–Crippen MR) is 47.8 cm³/mol. The van der Waals surface area contributed by atoms with Gasteiger partial charge in [-0.2, -0.15) is 0 Å². The Kier molecular flexibility index (Phi) is 11.2. The summed E-state index contributed by atoms with van der Waals surface area (Å²) >= 11 is 0. The fraction of sp³-hybridized carbons (Fsp3) is 0.900. The van der Waals surface area contributed by atoms with Crippen LogP contribution in [0.25, 0.3) is 0 Å². The van der Waals surface area contributed by atoms with Gasteiger partial charge in [-0.3, -0.25) is 0 Å². The van der Waals surface area contributed by atoms with E-state index in [1.165, 1.54) is 19.3 Å². The van der Waals surface area contributed by atoms with Gasteiger partial charge >= 0.3 is 0 Å². The van der Waals surface area contributed by atoms with Crippen LogP contribution in [0.3, 0.4) is 0 Å². The summed E-state index contributed by atoms with van der Waals surface area (Å²) in [5, 5.41) is 0. The first-order chi connectivity index (χ1) is 4.66. The van der Waals surface area contributed by atoms with Crippen molar-refractivity contribution < 1.29 is 19.5 Å². The van der Waals surface area contributed by atoms with Gasteiger partial charge in [0.05, 0.1) is 0 Å². The molecule has 63 valence electrons. The second kappa shape index (κ2) is 8.72. The average Bonchev–Trinajstić information content (AvgIpc) is 1.87. The van der Waals surface area contributed by atoms with Crippen molar-refractivity contribution in [1.29, 1.82) is 0 Å². The number of hydrogen-bond acceptors (Lipinski definition) is 0. The summed E-state index contributed by atoms with van der Waals surface area (Å²) in [6.45, 7) is 10.7. The largest absolute Gasteiger partial charge is 0.0628 e. The molecule has 0 saturated carbocycles. The summed E-state index contributed by atoms with van der Waals surface area (Å²) in [4.78, 5) is 0. The maximum Gasteiger partial charge on any atom is 0 e. The van der Waals surface area contributed by atoms with Gasteiger partial charge in [0.1, 0.15) is 0 Å². The zero-order valence-electron chi connectivity index (χ0n) is 8.40. The van der Waals surface area contributed by atoms with Crippen LogP contribution < -0.4 is 0 Å². The normalized spacial score (nSPS) is 12.8. The van der Waals surface area contributed by atoms with Gasteiger partial charge in [0.15, 0.2) is 0 Å². The first-order valence-electron chi connectivity index (χ1n) is 4.46. The quantitative estimate of drug-likeness (QED) is 0.602. The van der Waals surface area contributed by atoms with Crippen LogP contribution >= 0.6 is 0 Å². The van der Waals surface area contributed by atoms with Gasteiger partial charge in [-0.05, 0) is 11.8 Å². The Morgan fingerprint density at radius 2 is 1.64 bits per heavy atom. The van der Waals surface area contributed by atoms with Crippen LogP contribution in [0.4, 0.5) is 0 Å². The minimum atomic E-state index is 0. The van der Waals surface area contributed by atoms with Gasteiger partial charge in [-0.15, -0.1) is 0 Å². The van der Waals surface area contributed by atoms with Crippen molar-refractivity contribution in [2.45, 2.75) is 46.5 Å². The van der Waals surface area contributed by atoms with Crippen molar-refractivity contribution in [3.05, 3.63) is 6.92 Å². The fourth-order valence-electron chi connectivity index (χ4n) is 1.02. The monoisotopic (exact) mass is 205 g/mol. The van der Waals surface area contributed by atoms with Crippen LogP contribution in [-0.4, -0.2) is 0 Å². The molecule has 1 unspecified atom stereocenters. The third-order valence-corrected chi connectivity index (χ3v) is 1.97. The van der Waals surface area contributed by atoms with E-state index in [2.05, 4.69) is 27.7 Å². The van der Waals surface area contributed by atoms with E-state index in [4.69, 9.17) is 0 Å². The Labute approximate surface area is 84.9 Å². The minimum Gasteiger partial charge on any atom is -0.0628 e. The smallest absolute Gasteiger partial charge is 0 e. The molecule has 0 N–H and O–H groups in total. The molecule has 0 aromatic rings. The van der Waals surface area contributed by atoms with Crippen molar-refractivity contribution in [2.75, 3.05) is 0 Å². The molecule has 0 saturated heterocycles. The molecule has 0 rings (SSSR count). The first kappa shape index (κ1) is 14.2. The number of hydrogen-bond donors (Lipinski definition) is 0. The van der Waals surface area contributed by atoms with Crippen LogP contribution in [0.15, 0.2) is 0 Å². The Morgan fingerprint density at radius 1 is 1.09 bits per heavy atom. The Balaban J connectivity index is 0. The molecule has 0 aliphatic rings. The zero-order valence-corrected chi connectivity index (χ0v) is 11.4. The van der Waals surface area contributed by atoms with Gasteiger partial charge in [0.2, 0.25) is 0 Å². The van der Waals surface area contributed by atoms with E-state index in [9.17, 15) is 0 Å². The molecule has 0 fully saturated rings. The van der Waals surface area contributed by atoms with Gasteiger partial charge in [0.25, 0.3) is 0 Å². The Hall–Kier alpha value is 0.623. The molecule has 1 atom stereocenters. The van der Waals surface area contributed by atoms with Gasteiger partial charge in [-0.25, -0.2) is 0 Å². The van der Waals surface area contributed by atoms with E-state index in [0.717, 1.165) is 18.3 Å². The summed E-state index contributed by atoms with van der Waals surface area (Å²) in [6.07, 6.45) is 5.22. The maximum atomic E-state index is 3.88. The molecular weight excluding hydrogens is 185 g/mol. The number of rotatable bonds is 5. The van der Waals surface area contributed by atoms with Crippen LogP contribution in [0.2, 0.25) is 0 Å². The molecule has 0 nitrogen and oxygen atoms in total. The van der Waals surface area contributed by atoms with E-state index < -0.39 is 0 Å². The second-order valence-corrected chi connectivity index (χ2v) is 3.72. The molecular formula is C10H21Zn. The summed E-state index contributed by atoms with van der Waals surface area (Å²) in [6, 6.07) is 0. The topological polar surface area (TPSA) is 0 Å². The summed E-state index contributed by atoms with van der Waals surface area (Å²) in [5.41, 5.74) is 0. The van der Waals surface area contributed by atoms with Crippen LogP contribution in [-0.2, 0) is 19.5 Å². The molecule has 0 amide bonds. The summed E-state index contributed by atoms with van der Waals surface area (Å²) in [5.74, 6) is 1.70. The standard InChI is InChI=1S/C10H21.Zn/c1-5-10(4)8-6-7-9(2)3;/h9-10H,1,5-8H2,2-4H3;. The Morgan fingerprint density at radius 3 is 2.00 bits per heavy atom. The third kappa shape index (κ3) is 10.6. The minimum absolute atomic E-state index is 0. The van der Waals surface area contributed by atoms with E-state index in [-0.39, 0.29) is 19.5 Å². The van der Waals surface area contributed by atoms with Crippen molar-refractivity contribution in [1.82, 2.24) is 0 Å². The average molecular weight is 207 g/mol. The summed E-state index contributed by atoms with van der Waals surface area (Å²) in [7, 11) is 0. The molecule has 0 spiro atoms. The third-order valence-electron chi connectivity index (χ3n) is 1.97. The SMILES string of the molecule is [CH2]CC(C)CCCC(C)C.[Zn]. The van der Waals surface area contributed by atoms with Crippen molar-refractivity contribution >= 4 is 0 Å². The molecule has 0 bridgehead atoms. The predicted octanol–water partition coefficient (Wildman–Crippen LogP) is 3.67. The maximum absolute atomic E-state index is 3.88. The molecule has 1 heteroatoms. The van der Waals surface area contributed by atoms with E-state index >= 15 is 0 Å². The zero-order chi connectivity index (χ0) is 7.98. The fourth-order valence-corrected chi connectivity index (χ4v) is 1.02. The molecule has 0 aliphatic carbocycles. The van der Waals surface area contributed by atoms with E-state index in [1.54, 1.807) is 0 Å². The van der Waals surface area contributed by atoms with Crippen LogP contribution in [0, 0.1) is 18.8 Å². The van der Waals surface area contributed by atoms with Crippen LogP contribution in [0.5, 0.6) is 0 Å². The van der Waals surface area contributed by atoms with Crippen molar-refractivity contribution in [3.63, 3.8) is 0 Å². The second-order valence-electron chi connectivity index (χ2n) is 3.72. The van der Waals surface area contributed by atoms with Gasteiger partial charge in [-0.1, -0.05) is 53.4 Å². The van der Waals surface area contributed by atoms with Crippen molar-refractivity contribution in [2.24, 2.45) is 11.8 Å². The van der Waals surface area contributed by atoms with Crippen LogP contribution in [0.1, 0.15) is 46.5 Å². The molecule has 11 heavy (non-hydrogen) atoms. The van der Waals surface area contributed by atoms with Gasteiger partial charge in [0, 0.05) is 19.5 Å². The summed E-state index contributed by atoms with van der Waals surface area (Å²) < 4.78 is 0. The van der Waals surface area contributed by atoms with E-state index in [0.29, 0.717) is 0 Å².